The number of fused-ring (bicyclic) bond motifs is 1. The first-order valence-corrected chi connectivity index (χ1v) is 5.89. The molecule has 0 aromatic carbocycles. The Hall–Kier alpha value is -0.770. The summed E-state index contributed by atoms with van der Waals surface area (Å²) >= 11 is 3.30. The Morgan fingerprint density at radius 3 is 2.87 bits per heavy atom. The second-order valence-corrected chi connectivity index (χ2v) is 4.96. The van der Waals surface area contributed by atoms with Crippen LogP contribution in [0.1, 0.15) is 38.1 Å². The van der Waals surface area contributed by atoms with Gasteiger partial charge in [-0.3, -0.25) is 4.79 Å². The smallest absolute Gasteiger partial charge is 0.230 e. The standard InChI is InChI=1S/C11H14BrNO2/c1-6(2)13-7(3)8-4-10(12)15-9(8)5-11(13)14/h4,6-7H,5H2,1-3H3. The highest BCUT2D eigenvalue weighted by molar-refractivity contribution is 9.10. The number of furan rings is 1. The van der Waals surface area contributed by atoms with Gasteiger partial charge in [-0.1, -0.05) is 0 Å². The van der Waals surface area contributed by atoms with Crippen molar-refractivity contribution < 1.29 is 9.21 Å². The molecule has 0 saturated carbocycles. The van der Waals surface area contributed by atoms with Gasteiger partial charge in [0.2, 0.25) is 5.91 Å². The van der Waals surface area contributed by atoms with E-state index in [1.54, 1.807) is 0 Å². The maximum absolute atomic E-state index is 11.9. The van der Waals surface area contributed by atoms with Crippen molar-refractivity contribution in [2.24, 2.45) is 0 Å². The third kappa shape index (κ3) is 1.71. The van der Waals surface area contributed by atoms with Gasteiger partial charge in [-0.05, 0) is 42.8 Å². The van der Waals surface area contributed by atoms with Gasteiger partial charge >= 0.3 is 0 Å². The zero-order valence-electron chi connectivity index (χ0n) is 9.08. The predicted molar refractivity (Wildman–Crippen MR) is 60.5 cm³/mol. The van der Waals surface area contributed by atoms with Crippen LogP contribution in [0, 0.1) is 0 Å². The molecule has 1 aliphatic heterocycles. The first-order chi connectivity index (χ1) is 7.00. The number of halogens is 1. The van der Waals surface area contributed by atoms with Crippen LogP contribution in [0.3, 0.4) is 0 Å². The number of rotatable bonds is 1. The first-order valence-electron chi connectivity index (χ1n) is 5.10. The number of amides is 1. The number of carbonyl (C=O) groups excluding carboxylic acids is 1. The normalized spacial score (nSPS) is 21.0. The van der Waals surface area contributed by atoms with Crippen molar-refractivity contribution >= 4 is 21.8 Å². The fourth-order valence-corrected chi connectivity index (χ4v) is 2.67. The molecule has 0 saturated heterocycles. The number of carbonyl (C=O) groups is 1. The lowest BCUT2D eigenvalue weighted by molar-refractivity contribution is -0.136. The maximum atomic E-state index is 11.9. The Balaban J connectivity index is 2.42. The molecule has 0 aliphatic carbocycles. The molecule has 82 valence electrons. The lowest BCUT2D eigenvalue weighted by Crippen LogP contribution is -2.42. The van der Waals surface area contributed by atoms with Gasteiger partial charge in [0.1, 0.15) is 5.76 Å². The molecule has 1 aliphatic rings. The van der Waals surface area contributed by atoms with Crippen molar-refractivity contribution in [3.8, 4) is 0 Å². The second-order valence-electron chi connectivity index (χ2n) is 4.18. The first kappa shape index (κ1) is 10.7. The van der Waals surface area contributed by atoms with Crippen LogP contribution in [-0.4, -0.2) is 16.8 Å². The Morgan fingerprint density at radius 2 is 2.27 bits per heavy atom. The molecule has 1 atom stereocenters. The van der Waals surface area contributed by atoms with Crippen LogP contribution >= 0.6 is 15.9 Å². The summed E-state index contributed by atoms with van der Waals surface area (Å²) in [7, 11) is 0. The predicted octanol–water partition coefficient (Wildman–Crippen LogP) is 2.90. The molecule has 1 aromatic heterocycles. The summed E-state index contributed by atoms with van der Waals surface area (Å²) in [5.74, 6) is 0.947. The second kappa shape index (κ2) is 3.67. The average Bonchev–Trinajstić information content (AvgIpc) is 2.45. The van der Waals surface area contributed by atoms with E-state index in [4.69, 9.17) is 4.42 Å². The van der Waals surface area contributed by atoms with Crippen LogP contribution < -0.4 is 0 Å². The van der Waals surface area contributed by atoms with Crippen molar-refractivity contribution in [2.45, 2.75) is 39.3 Å². The molecule has 0 N–H and O–H groups in total. The highest BCUT2D eigenvalue weighted by atomic mass is 79.9. The van der Waals surface area contributed by atoms with Crippen LogP contribution in [0.5, 0.6) is 0 Å². The van der Waals surface area contributed by atoms with E-state index < -0.39 is 0 Å². The summed E-state index contributed by atoms with van der Waals surface area (Å²) in [6.45, 7) is 6.11. The molecule has 1 aromatic rings. The third-order valence-corrected chi connectivity index (χ3v) is 3.23. The topological polar surface area (TPSA) is 33.5 Å². The van der Waals surface area contributed by atoms with Gasteiger partial charge in [0.05, 0.1) is 12.5 Å². The largest absolute Gasteiger partial charge is 0.453 e. The summed E-state index contributed by atoms with van der Waals surface area (Å²) < 4.78 is 6.15. The molecule has 15 heavy (non-hydrogen) atoms. The van der Waals surface area contributed by atoms with Crippen LogP contribution in [0.15, 0.2) is 15.2 Å². The van der Waals surface area contributed by atoms with E-state index >= 15 is 0 Å². The maximum Gasteiger partial charge on any atom is 0.230 e. The third-order valence-electron chi connectivity index (χ3n) is 2.84. The molecule has 4 heteroatoms. The zero-order chi connectivity index (χ0) is 11.2. The Bertz CT molecular complexity index is 397. The summed E-state index contributed by atoms with van der Waals surface area (Å²) in [6.07, 6.45) is 0.378. The molecule has 0 spiro atoms. The summed E-state index contributed by atoms with van der Waals surface area (Å²) in [6, 6.07) is 2.30. The number of hydrogen-bond donors (Lipinski definition) is 0. The minimum atomic E-state index is 0.108. The monoisotopic (exact) mass is 271 g/mol. The fraction of sp³-hybridized carbons (Fsp3) is 0.545. The van der Waals surface area contributed by atoms with Gasteiger partial charge in [0.15, 0.2) is 4.67 Å². The molecule has 2 heterocycles. The van der Waals surface area contributed by atoms with Gasteiger partial charge < -0.3 is 9.32 Å². The quantitative estimate of drug-likeness (QED) is 0.787. The van der Waals surface area contributed by atoms with E-state index in [1.807, 2.05) is 31.7 Å². The number of nitrogens with zero attached hydrogens (tertiary/aromatic N) is 1. The average molecular weight is 272 g/mol. The van der Waals surface area contributed by atoms with Crippen molar-refractivity contribution in [3.05, 3.63) is 22.1 Å². The Labute approximate surface area is 97.6 Å². The Kier molecular flexibility index (Phi) is 2.63. The van der Waals surface area contributed by atoms with Gasteiger partial charge in [-0.15, -0.1) is 0 Å². The minimum Gasteiger partial charge on any atom is -0.453 e. The molecular weight excluding hydrogens is 258 g/mol. The lowest BCUT2D eigenvalue weighted by atomic mass is 9.99. The van der Waals surface area contributed by atoms with Gasteiger partial charge in [-0.2, -0.15) is 0 Å². The Morgan fingerprint density at radius 1 is 1.60 bits per heavy atom. The highest BCUT2D eigenvalue weighted by Crippen LogP contribution is 2.35. The SMILES string of the molecule is CC(C)N1C(=O)Cc2oc(Br)cc2C1C. The summed E-state index contributed by atoms with van der Waals surface area (Å²) in [5, 5.41) is 0. The molecule has 3 nitrogen and oxygen atoms in total. The van der Waals surface area contributed by atoms with Crippen LogP contribution in [0.4, 0.5) is 0 Å². The van der Waals surface area contributed by atoms with E-state index in [0.717, 1.165) is 11.3 Å². The molecular formula is C11H14BrNO2. The van der Waals surface area contributed by atoms with Gasteiger partial charge in [0.25, 0.3) is 0 Å². The molecule has 0 fully saturated rings. The van der Waals surface area contributed by atoms with Crippen LogP contribution in [0.25, 0.3) is 0 Å². The van der Waals surface area contributed by atoms with Gasteiger partial charge in [0, 0.05) is 11.6 Å². The zero-order valence-corrected chi connectivity index (χ0v) is 10.7. The van der Waals surface area contributed by atoms with Crippen LogP contribution in [-0.2, 0) is 11.2 Å². The van der Waals surface area contributed by atoms with E-state index in [9.17, 15) is 4.79 Å². The molecule has 1 unspecified atom stereocenters. The van der Waals surface area contributed by atoms with E-state index in [2.05, 4.69) is 15.9 Å². The fourth-order valence-electron chi connectivity index (χ4n) is 2.23. The van der Waals surface area contributed by atoms with Gasteiger partial charge in [-0.25, -0.2) is 0 Å². The van der Waals surface area contributed by atoms with E-state index in [-0.39, 0.29) is 18.0 Å². The summed E-state index contributed by atoms with van der Waals surface area (Å²) in [5.41, 5.74) is 1.12. The molecule has 2 rings (SSSR count). The molecule has 0 radical (unpaired) electrons. The lowest BCUT2D eigenvalue weighted by Gasteiger charge is -2.35. The highest BCUT2D eigenvalue weighted by Gasteiger charge is 2.33. The summed E-state index contributed by atoms with van der Waals surface area (Å²) in [4.78, 5) is 13.8. The molecule has 1 amide bonds. The minimum absolute atomic E-state index is 0.108. The van der Waals surface area contributed by atoms with Crippen molar-refractivity contribution in [1.29, 1.82) is 0 Å². The number of hydrogen-bond acceptors (Lipinski definition) is 2. The van der Waals surface area contributed by atoms with E-state index in [0.29, 0.717) is 11.1 Å². The van der Waals surface area contributed by atoms with E-state index in [1.165, 1.54) is 0 Å². The van der Waals surface area contributed by atoms with Crippen LogP contribution in [0.2, 0.25) is 0 Å². The van der Waals surface area contributed by atoms with Crippen molar-refractivity contribution in [2.75, 3.05) is 0 Å². The molecule has 0 bridgehead atoms. The van der Waals surface area contributed by atoms with Crippen molar-refractivity contribution in [1.82, 2.24) is 4.90 Å². The van der Waals surface area contributed by atoms with Crippen molar-refractivity contribution in [3.63, 3.8) is 0 Å².